The Hall–Kier alpha value is -2.24. The molecular weight excluding hydrogens is 268 g/mol. The van der Waals surface area contributed by atoms with Crippen molar-refractivity contribution < 1.29 is 9.59 Å². The van der Waals surface area contributed by atoms with Crippen LogP contribution in [-0.4, -0.2) is 30.7 Å². The largest absolute Gasteiger partial charge is 0.332 e. The highest BCUT2D eigenvalue weighted by Crippen LogP contribution is 2.10. The van der Waals surface area contributed by atoms with Crippen LogP contribution < -0.4 is 0 Å². The maximum atomic E-state index is 11.9. The van der Waals surface area contributed by atoms with Crippen LogP contribution in [0, 0.1) is 0 Å². The molecule has 0 aliphatic carbocycles. The van der Waals surface area contributed by atoms with Crippen molar-refractivity contribution in [1.29, 1.82) is 0 Å². The van der Waals surface area contributed by atoms with Crippen LogP contribution in [0.5, 0.6) is 0 Å². The molecule has 2 aromatic rings. The summed E-state index contributed by atoms with van der Waals surface area (Å²) in [6, 6.07) is 0. The van der Waals surface area contributed by atoms with E-state index >= 15 is 0 Å². The number of unbranched alkanes of at least 4 members (excludes halogenated alkanes) is 2. The van der Waals surface area contributed by atoms with E-state index in [1.807, 2.05) is 14.1 Å². The minimum Gasteiger partial charge on any atom is -0.332 e. The van der Waals surface area contributed by atoms with Crippen molar-refractivity contribution in [3.8, 4) is 0 Å². The zero-order valence-electron chi connectivity index (χ0n) is 12.5. The maximum absolute atomic E-state index is 11.9. The summed E-state index contributed by atoms with van der Waals surface area (Å²) >= 11 is 0. The Balaban J connectivity index is 1.67. The molecule has 2 rings (SSSR count). The molecule has 6 nitrogen and oxygen atoms in total. The van der Waals surface area contributed by atoms with Gasteiger partial charge in [-0.2, -0.15) is 0 Å². The first-order valence-corrected chi connectivity index (χ1v) is 7.10. The number of rotatable bonds is 8. The molecule has 0 aliphatic heterocycles. The third-order valence-electron chi connectivity index (χ3n) is 3.45. The number of carbonyl (C=O) groups excluding carboxylic acids is 2. The summed E-state index contributed by atoms with van der Waals surface area (Å²) in [6.45, 7) is 0. The highest BCUT2D eigenvalue weighted by atomic mass is 16.1. The van der Waals surface area contributed by atoms with Crippen molar-refractivity contribution in [2.75, 3.05) is 0 Å². The Bertz CT molecular complexity index is 573. The first-order valence-electron chi connectivity index (χ1n) is 7.10. The Labute approximate surface area is 123 Å². The molecule has 2 aromatic heterocycles. The van der Waals surface area contributed by atoms with Gasteiger partial charge in [0.25, 0.3) is 0 Å². The number of aryl methyl sites for hydroxylation is 2. The molecule has 2 heterocycles. The first kappa shape index (κ1) is 15.2. The predicted octanol–water partition coefficient (Wildman–Crippen LogP) is 2.17. The highest BCUT2D eigenvalue weighted by Gasteiger charge is 2.12. The summed E-state index contributed by atoms with van der Waals surface area (Å²) in [6.07, 6.45) is 10.1. The van der Waals surface area contributed by atoms with E-state index in [0.717, 1.165) is 19.3 Å². The van der Waals surface area contributed by atoms with Gasteiger partial charge in [0.1, 0.15) is 0 Å². The van der Waals surface area contributed by atoms with E-state index in [1.165, 1.54) is 0 Å². The van der Waals surface area contributed by atoms with Gasteiger partial charge in [-0.15, -0.1) is 0 Å². The third-order valence-corrected chi connectivity index (χ3v) is 3.45. The lowest BCUT2D eigenvalue weighted by atomic mass is 10.1. The average Bonchev–Trinajstić information content (AvgIpc) is 3.06. The van der Waals surface area contributed by atoms with Gasteiger partial charge in [-0.3, -0.25) is 9.59 Å². The smallest absolute Gasteiger partial charge is 0.198 e. The zero-order valence-corrected chi connectivity index (χ0v) is 12.5. The van der Waals surface area contributed by atoms with Gasteiger partial charge in [0.05, 0.1) is 0 Å². The average molecular weight is 288 g/mol. The second kappa shape index (κ2) is 6.97. The maximum Gasteiger partial charge on any atom is 0.198 e. The van der Waals surface area contributed by atoms with Gasteiger partial charge >= 0.3 is 0 Å². The summed E-state index contributed by atoms with van der Waals surface area (Å²) in [5, 5.41) is 0. The van der Waals surface area contributed by atoms with Crippen LogP contribution >= 0.6 is 0 Å². The van der Waals surface area contributed by atoms with Crippen molar-refractivity contribution in [3.05, 3.63) is 36.4 Å². The molecule has 0 fully saturated rings. The number of aromatic nitrogens is 4. The van der Waals surface area contributed by atoms with E-state index < -0.39 is 0 Å². The lowest BCUT2D eigenvalue weighted by Gasteiger charge is -2.02. The van der Waals surface area contributed by atoms with Crippen molar-refractivity contribution in [1.82, 2.24) is 19.1 Å². The molecule has 0 aromatic carbocycles. The molecule has 0 bridgehead atoms. The fraction of sp³-hybridized carbons (Fsp3) is 0.467. The summed E-state index contributed by atoms with van der Waals surface area (Å²) in [7, 11) is 3.62. The Morgan fingerprint density at radius 3 is 1.62 bits per heavy atom. The first-order chi connectivity index (χ1) is 10.1. The van der Waals surface area contributed by atoms with Crippen molar-refractivity contribution in [2.45, 2.75) is 32.1 Å². The van der Waals surface area contributed by atoms with E-state index in [2.05, 4.69) is 9.97 Å². The molecule has 21 heavy (non-hydrogen) atoms. The molecule has 0 spiro atoms. The summed E-state index contributed by atoms with van der Waals surface area (Å²) < 4.78 is 3.46. The van der Waals surface area contributed by atoms with Crippen molar-refractivity contribution in [3.63, 3.8) is 0 Å². The van der Waals surface area contributed by atoms with Crippen LogP contribution in [0.1, 0.15) is 53.3 Å². The van der Waals surface area contributed by atoms with Crippen LogP contribution in [0.4, 0.5) is 0 Å². The van der Waals surface area contributed by atoms with Crippen LogP contribution in [0.15, 0.2) is 24.8 Å². The number of Topliss-reactive ketones (excluding diaryl/α,β-unsaturated/α-hetero) is 2. The topological polar surface area (TPSA) is 69.8 Å². The molecule has 112 valence electrons. The van der Waals surface area contributed by atoms with Crippen molar-refractivity contribution in [2.24, 2.45) is 14.1 Å². The number of carbonyl (C=O) groups is 2. The van der Waals surface area contributed by atoms with Crippen molar-refractivity contribution >= 4 is 11.6 Å². The molecule has 0 unspecified atom stereocenters. The minimum absolute atomic E-state index is 0.0536. The van der Waals surface area contributed by atoms with E-state index in [4.69, 9.17) is 0 Å². The van der Waals surface area contributed by atoms with Crippen LogP contribution in [0.3, 0.4) is 0 Å². The Morgan fingerprint density at radius 1 is 0.857 bits per heavy atom. The van der Waals surface area contributed by atoms with Gasteiger partial charge in [0.15, 0.2) is 23.2 Å². The Kier molecular flexibility index (Phi) is 5.03. The van der Waals surface area contributed by atoms with Gasteiger partial charge < -0.3 is 9.13 Å². The fourth-order valence-corrected chi connectivity index (χ4v) is 2.24. The van der Waals surface area contributed by atoms with Gasteiger partial charge in [-0.1, -0.05) is 6.42 Å². The second-order valence-electron chi connectivity index (χ2n) is 5.13. The normalized spacial score (nSPS) is 10.8. The lowest BCUT2D eigenvalue weighted by Crippen LogP contribution is -2.08. The van der Waals surface area contributed by atoms with Crippen LogP contribution in [0.25, 0.3) is 0 Å². The SMILES string of the molecule is Cn1ccnc1C(=O)CCCCCC(=O)c1nccn1C. The van der Waals surface area contributed by atoms with Gasteiger partial charge in [-0.05, 0) is 12.8 Å². The van der Waals surface area contributed by atoms with E-state index in [-0.39, 0.29) is 11.6 Å². The molecule has 0 atom stereocenters. The molecule has 0 amide bonds. The van der Waals surface area contributed by atoms with Gasteiger partial charge in [0, 0.05) is 51.7 Å². The highest BCUT2D eigenvalue weighted by molar-refractivity contribution is 5.93. The van der Waals surface area contributed by atoms with Gasteiger partial charge in [-0.25, -0.2) is 9.97 Å². The second-order valence-corrected chi connectivity index (χ2v) is 5.13. The lowest BCUT2D eigenvalue weighted by molar-refractivity contribution is 0.0965. The third kappa shape index (κ3) is 3.87. The van der Waals surface area contributed by atoms with E-state index in [1.54, 1.807) is 33.9 Å². The van der Waals surface area contributed by atoms with Crippen LogP contribution in [-0.2, 0) is 14.1 Å². The monoisotopic (exact) mass is 288 g/mol. The van der Waals surface area contributed by atoms with Crippen LogP contribution in [0.2, 0.25) is 0 Å². The molecule has 0 saturated carbocycles. The summed E-state index contributed by atoms with van der Waals surface area (Å²) in [4.78, 5) is 31.9. The number of ketones is 2. The van der Waals surface area contributed by atoms with Gasteiger partial charge in [0.2, 0.25) is 0 Å². The van der Waals surface area contributed by atoms with E-state index in [9.17, 15) is 9.59 Å². The quantitative estimate of drug-likeness (QED) is 0.551. The standard InChI is InChI=1S/C15H20N4O2/c1-18-10-8-16-14(18)12(20)6-4-3-5-7-13(21)15-17-9-11-19(15)2/h8-11H,3-7H2,1-2H3. The molecule has 0 aliphatic rings. The number of hydrogen-bond acceptors (Lipinski definition) is 4. The number of hydrogen-bond donors (Lipinski definition) is 0. The fourth-order valence-electron chi connectivity index (χ4n) is 2.24. The number of nitrogens with zero attached hydrogens (tertiary/aromatic N) is 4. The molecular formula is C15H20N4O2. The summed E-state index contributed by atoms with van der Waals surface area (Å²) in [5.41, 5.74) is 0. The molecule has 6 heteroatoms. The Morgan fingerprint density at radius 2 is 1.29 bits per heavy atom. The molecule has 0 saturated heterocycles. The molecule has 0 radical (unpaired) electrons. The zero-order chi connectivity index (χ0) is 15.2. The number of imidazole rings is 2. The molecule has 0 N–H and O–H groups in total. The minimum atomic E-state index is 0.0536. The van der Waals surface area contributed by atoms with E-state index in [0.29, 0.717) is 24.5 Å². The summed E-state index contributed by atoms with van der Waals surface area (Å²) in [5.74, 6) is 1.11. The predicted molar refractivity (Wildman–Crippen MR) is 78.2 cm³/mol.